The molecule has 0 saturated carbocycles. The highest BCUT2D eigenvalue weighted by atomic mass is 16.5. The van der Waals surface area contributed by atoms with Crippen LogP contribution in [0.25, 0.3) is 17.0 Å². The van der Waals surface area contributed by atoms with Gasteiger partial charge in [-0.2, -0.15) is 5.10 Å². The molecule has 0 fully saturated rings. The number of carbonyl (C=O) groups excluding carboxylic acids is 1. The molecule has 0 bridgehead atoms. The fourth-order valence-corrected chi connectivity index (χ4v) is 3.02. The molecule has 3 aromatic heterocycles. The van der Waals surface area contributed by atoms with Crippen molar-refractivity contribution in [3.63, 3.8) is 0 Å². The molecule has 1 amide bonds. The Morgan fingerprint density at radius 2 is 2.03 bits per heavy atom. The first-order valence-electron chi connectivity index (χ1n) is 9.32. The molecular weight excluding hydrogens is 370 g/mol. The number of H-pyrrole nitrogens is 1. The Balaban J connectivity index is 1.29. The van der Waals surface area contributed by atoms with Crippen LogP contribution < -0.4 is 5.32 Å². The van der Waals surface area contributed by atoms with Gasteiger partial charge in [0.1, 0.15) is 12.4 Å². The lowest BCUT2D eigenvalue weighted by Gasteiger charge is -2.05. The maximum absolute atomic E-state index is 12.2. The number of nitrogens with one attached hydrogen (secondary N) is 2. The number of hydrogen-bond donors (Lipinski definition) is 2. The summed E-state index contributed by atoms with van der Waals surface area (Å²) in [5, 5.41) is 18.2. The number of ether oxygens (including phenoxy) is 1. The van der Waals surface area contributed by atoms with E-state index >= 15 is 0 Å². The molecule has 0 atom stereocenters. The molecule has 0 unspecified atom stereocenters. The number of aryl methyl sites for hydroxylation is 1. The van der Waals surface area contributed by atoms with E-state index in [1.165, 1.54) is 0 Å². The molecule has 3 heterocycles. The minimum atomic E-state index is -0.0353. The van der Waals surface area contributed by atoms with E-state index < -0.39 is 0 Å². The number of anilines is 1. The number of hydrogen-bond acceptors (Lipinski definition) is 6. The first-order valence-corrected chi connectivity index (χ1v) is 9.32. The minimum absolute atomic E-state index is 0.0353. The maximum atomic E-state index is 12.2. The average Bonchev–Trinajstić information content (AvgIpc) is 3.36. The molecule has 0 aliphatic rings. The normalized spacial score (nSPS) is 11.1. The molecule has 0 radical (unpaired) electrons. The average molecular weight is 391 g/mol. The van der Waals surface area contributed by atoms with E-state index in [1.807, 2.05) is 53.1 Å². The number of carbonyl (C=O) groups is 1. The quantitative estimate of drug-likeness (QED) is 0.478. The van der Waals surface area contributed by atoms with Gasteiger partial charge in [0.05, 0.1) is 0 Å². The largest absolute Gasteiger partial charge is 0.377 e. The Morgan fingerprint density at radius 1 is 1.17 bits per heavy atom. The van der Waals surface area contributed by atoms with Crippen molar-refractivity contribution < 1.29 is 9.53 Å². The summed E-state index contributed by atoms with van der Waals surface area (Å²) in [6.07, 6.45) is 3.72. The van der Waals surface area contributed by atoms with Crippen LogP contribution in [0.3, 0.4) is 0 Å². The third-order valence-corrected chi connectivity index (χ3v) is 4.43. The molecule has 4 rings (SSSR count). The highest BCUT2D eigenvalue weighted by Crippen LogP contribution is 2.18. The van der Waals surface area contributed by atoms with Crippen LogP contribution in [0.2, 0.25) is 0 Å². The molecule has 2 N–H and O–H groups in total. The lowest BCUT2D eigenvalue weighted by molar-refractivity contribution is -0.116. The summed E-state index contributed by atoms with van der Waals surface area (Å²) in [7, 11) is 1.61. The molecule has 0 saturated heterocycles. The van der Waals surface area contributed by atoms with E-state index in [9.17, 15) is 4.79 Å². The Hall–Kier alpha value is -3.59. The molecule has 148 valence electrons. The van der Waals surface area contributed by atoms with Gasteiger partial charge in [-0.1, -0.05) is 6.07 Å². The smallest absolute Gasteiger partial charge is 0.224 e. The molecule has 29 heavy (non-hydrogen) atoms. The van der Waals surface area contributed by atoms with Crippen molar-refractivity contribution in [1.29, 1.82) is 0 Å². The minimum Gasteiger partial charge on any atom is -0.377 e. The van der Waals surface area contributed by atoms with Crippen LogP contribution in [-0.2, 0) is 22.6 Å². The number of amides is 1. The highest BCUT2D eigenvalue weighted by Gasteiger charge is 2.09. The summed E-state index contributed by atoms with van der Waals surface area (Å²) in [4.78, 5) is 16.6. The van der Waals surface area contributed by atoms with E-state index in [0.29, 0.717) is 37.5 Å². The zero-order chi connectivity index (χ0) is 20.1. The van der Waals surface area contributed by atoms with Gasteiger partial charge in [0, 0.05) is 37.4 Å². The first-order chi connectivity index (χ1) is 14.2. The summed E-state index contributed by atoms with van der Waals surface area (Å²) in [6, 6.07) is 13.2. The van der Waals surface area contributed by atoms with Gasteiger partial charge < -0.3 is 10.1 Å². The van der Waals surface area contributed by atoms with E-state index in [4.69, 9.17) is 4.74 Å². The van der Waals surface area contributed by atoms with Gasteiger partial charge in [0.15, 0.2) is 17.3 Å². The van der Waals surface area contributed by atoms with Crippen LogP contribution in [0.5, 0.6) is 0 Å². The number of aromatic nitrogens is 6. The Labute approximate surface area is 167 Å². The molecular formula is C20H21N7O2. The van der Waals surface area contributed by atoms with Crippen LogP contribution in [-0.4, -0.2) is 42.8 Å². The predicted molar refractivity (Wildman–Crippen MR) is 107 cm³/mol. The molecule has 4 aromatic rings. The van der Waals surface area contributed by atoms with Crippen LogP contribution >= 0.6 is 0 Å². The Bertz CT molecular complexity index is 1100. The molecule has 1 aromatic carbocycles. The second-order valence-electron chi connectivity index (χ2n) is 6.56. The second-order valence-corrected chi connectivity index (χ2v) is 6.56. The molecule has 0 spiro atoms. The van der Waals surface area contributed by atoms with Gasteiger partial charge in [0.2, 0.25) is 5.91 Å². The van der Waals surface area contributed by atoms with Gasteiger partial charge in [-0.15, -0.1) is 10.2 Å². The number of fused-ring (bicyclic) bond motifs is 1. The fraction of sp³-hybridized carbons (Fsp3) is 0.250. The summed E-state index contributed by atoms with van der Waals surface area (Å²) < 4.78 is 6.97. The number of pyridine rings is 1. The lowest BCUT2D eigenvalue weighted by Crippen LogP contribution is -2.11. The molecule has 9 heteroatoms. The first kappa shape index (κ1) is 18.8. The summed E-state index contributed by atoms with van der Waals surface area (Å²) in [5.41, 5.74) is 2.41. The van der Waals surface area contributed by atoms with Gasteiger partial charge in [-0.05, 0) is 42.8 Å². The van der Waals surface area contributed by atoms with Crippen LogP contribution in [0, 0.1) is 0 Å². The number of methoxy groups -OCH3 is 1. The van der Waals surface area contributed by atoms with Crippen LogP contribution in [0.1, 0.15) is 24.5 Å². The fourth-order valence-electron chi connectivity index (χ4n) is 3.02. The Morgan fingerprint density at radius 3 is 2.86 bits per heavy atom. The van der Waals surface area contributed by atoms with E-state index in [1.54, 1.807) is 7.11 Å². The number of nitrogens with zero attached hydrogens (tertiary/aromatic N) is 5. The van der Waals surface area contributed by atoms with Gasteiger partial charge in [-0.3, -0.25) is 14.3 Å². The van der Waals surface area contributed by atoms with Crippen molar-refractivity contribution in [3.8, 4) is 11.4 Å². The van der Waals surface area contributed by atoms with Crippen molar-refractivity contribution >= 4 is 17.2 Å². The standard InChI is InChI=1S/C20H21N7O2/c1-29-13-16-22-20(26-23-16)14-8-10-15(11-9-14)21-19(28)7-4-6-18-25-24-17-5-2-3-12-27(17)18/h2-3,5,8-12H,4,6-7,13H2,1H3,(H,21,28)(H,22,23,26). The van der Waals surface area contributed by atoms with E-state index in [-0.39, 0.29) is 5.91 Å². The van der Waals surface area contributed by atoms with E-state index in [0.717, 1.165) is 22.7 Å². The maximum Gasteiger partial charge on any atom is 0.224 e. The van der Waals surface area contributed by atoms with Crippen molar-refractivity contribution in [1.82, 2.24) is 29.8 Å². The summed E-state index contributed by atoms with van der Waals surface area (Å²) in [5.74, 6) is 2.08. The van der Waals surface area contributed by atoms with Crippen molar-refractivity contribution in [3.05, 3.63) is 60.3 Å². The van der Waals surface area contributed by atoms with Gasteiger partial charge in [0.25, 0.3) is 0 Å². The van der Waals surface area contributed by atoms with Crippen molar-refractivity contribution in [2.24, 2.45) is 0 Å². The van der Waals surface area contributed by atoms with Crippen LogP contribution in [0.15, 0.2) is 48.7 Å². The second kappa shape index (κ2) is 8.61. The SMILES string of the molecule is COCc1nc(-c2ccc(NC(=O)CCCc3nnc4ccccn34)cc2)n[nH]1. The molecule has 9 nitrogen and oxygen atoms in total. The van der Waals surface area contributed by atoms with Crippen LogP contribution in [0.4, 0.5) is 5.69 Å². The summed E-state index contributed by atoms with van der Waals surface area (Å²) >= 11 is 0. The van der Waals surface area contributed by atoms with Gasteiger partial charge >= 0.3 is 0 Å². The van der Waals surface area contributed by atoms with Crippen molar-refractivity contribution in [2.45, 2.75) is 25.9 Å². The lowest BCUT2D eigenvalue weighted by atomic mass is 10.2. The number of rotatable bonds is 8. The highest BCUT2D eigenvalue weighted by molar-refractivity contribution is 5.90. The zero-order valence-electron chi connectivity index (χ0n) is 16.0. The molecule has 0 aliphatic carbocycles. The van der Waals surface area contributed by atoms with Gasteiger partial charge in [-0.25, -0.2) is 4.98 Å². The predicted octanol–water partition coefficient (Wildman–Crippen LogP) is 2.62. The third kappa shape index (κ3) is 4.46. The van der Waals surface area contributed by atoms with Crippen molar-refractivity contribution in [2.75, 3.05) is 12.4 Å². The molecule has 0 aliphatic heterocycles. The topological polar surface area (TPSA) is 110 Å². The number of aromatic amines is 1. The zero-order valence-corrected chi connectivity index (χ0v) is 16.0. The Kier molecular flexibility index (Phi) is 5.57. The number of benzene rings is 1. The third-order valence-electron chi connectivity index (χ3n) is 4.43. The van der Waals surface area contributed by atoms with E-state index in [2.05, 4.69) is 30.7 Å². The monoisotopic (exact) mass is 391 g/mol. The summed E-state index contributed by atoms with van der Waals surface area (Å²) in [6.45, 7) is 0.381.